The van der Waals surface area contributed by atoms with Gasteiger partial charge < -0.3 is 15.7 Å². The lowest BCUT2D eigenvalue weighted by Crippen LogP contribution is -2.55. The molecule has 7 nitrogen and oxygen atoms in total. The molecule has 1 aromatic rings. The number of rotatable bonds is 7. The van der Waals surface area contributed by atoms with Crippen LogP contribution in [0.4, 0.5) is 14.9 Å². The first-order valence-electron chi connectivity index (χ1n) is 8.13. The van der Waals surface area contributed by atoms with Crippen molar-refractivity contribution in [1.82, 2.24) is 15.2 Å². The molecule has 2 amide bonds. The van der Waals surface area contributed by atoms with Crippen LogP contribution in [0.15, 0.2) is 18.5 Å². The van der Waals surface area contributed by atoms with Gasteiger partial charge in [0.25, 0.3) is 0 Å². The number of anilines is 1. The van der Waals surface area contributed by atoms with E-state index < -0.39 is 17.8 Å². The molecule has 1 aromatic heterocycles. The lowest BCUT2D eigenvalue weighted by Gasteiger charge is -2.42. The van der Waals surface area contributed by atoms with Crippen LogP contribution in [0.5, 0.6) is 0 Å². The molecule has 0 aromatic carbocycles. The van der Waals surface area contributed by atoms with Gasteiger partial charge in [-0.25, -0.2) is 9.18 Å². The van der Waals surface area contributed by atoms with E-state index in [0.29, 0.717) is 11.6 Å². The van der Waals surface area contributed by atoms with Crippen LogP contribution in [0.2, 0.25) is 0 Å². The van der Waals surface area contributed by atoms with Crippen molar-refractivity contribution in [1.29, 1.82) is 0 Å². The van der Waals surface area contributed by atoms with Gasteiger partial charge in [0.1, 0.15) is 5.82 Å². The van der Waals surface area contributed by atoms with E-state index in [9.17, 15) is 14.0 Å². The van der Waals surface area contributed by atoms with E-state index >= 15 is 0 Å². The van der Waals surface area contributed by atoms with Gasteiger partial charge in [0.05, 0.1) is 24.6 Å². The normalized spacial score (nSPS) is 22.8. The first kappa shape index (κ1) is 16.6. The molecule has 3 N–H and O–H groups in total. The van der Waals surface area contributed by atoms with Crippen LogP contribution in [-0.2, 0) is 4.79 Å². The minimum Gasteiger partial charge on any atom is -0.480 e. The summed E-state index contributed by atoms with van der Waals surface area (Å²) in [5, 5.41) is 14.4. The number of aromatic nitrogens is 1. The van der Waals surface area contributed by atoms with E-state index in [4.69, 9.17) is 5.11 Å². The van der Waals surface area contributed by atoms with Crippen LogP contribution in [0.3, 0.4) is 0 Å². The van der Waals surface area contributed by atoms with Gasteiger partial charge in [0, 0.05) is 24.7 Å². The second kappa shape index (κ2) is 7.12. The van der Waals surface area contributed by atoms with Crippen molar-refractivity contribution >= 4 is 17.7 Å². The summed E-state index contributed by atoms with van der Waals surface area (Å²) in [5.41, 5.74) is 0.296. The minimum atomic E-state index is -0.816. The lowest BCUT2D eigenvalue weighted by atomic mass is 9.85. The van der Waals surface area contributed by atoms with Crippen molar-refractivity contribution < 1.29 is 19.1 Å². The Hall–Kier alpha value is -2.22. The summed E-state index contributed by atoms with van der Waals surface area (Å²) in [5.74, 6) is -0.704. The molecule has 24 heavy (non-hydrogen) atoms. The second-order valence-electron chi connectivity index (χ2n) is 6.58. The summed E-state index contributed by atoms with van der Waals surface area (Å²) in [4.78, 5) is 28.6. The predicted octanol–water partition coefficient (Wildman–Crippen LogP) is 1.67. The first-order valence-corrected chi connectivity index (χ1v) is 8.13. The minimum absolute atomic E-state index is 0.00650. The highest BCUT2D eigenvalue weighted by Gasteiger charge is 2.37. The van der Waals surface area contributed by atoms with E-state index in [-0.39, 0.29) is 18.6 Å². The van der Waals surface area contributed by atoms with Crippen molar-refractivity contribution in [2.24, 2.45) is 5.92 Å². The number of carboxylic acids is 1. The summed E-state index contributed by atoms with van der Waals surface area (Å²) >= 11 is 0. The van der Waals surface area contributed by atoms with Gasteiger partial charge in [-0.2, -0.15) is 0 Å². The molecule has 2 saturated carbocycles. The average Bonchev–Trinajstić information content (AvgIpc) is 3.25. The summed E-state index contributed by atoms with van der Waals surface area (Å²) in [6.07, 6.45) is 6.25. The first-order chi connectivity index (χ1) is 11.5. The van der Waals surface area contributed by atoms with Crippen LogP contribution >= 0.6 is 0 Å². The zero-order chi connectivity index (χ0) is 17.1. The van der Waals surface area contributed by atoms with Crippen LogP contribution < -0.4 is 10.6 Å². The third-order valence-corrected chi connectivity index (χ3v) is 4.46. The van der Waals surface area contributed by atoms with Crippen molar-refractivity contribution in [2.45, 2.75) is 37.8 Å². The quantitative estimate of drug-likeness (QED) is 0.704. The lowest BCUT2D eigenvalue weighted by molar-refractivity contribution is -0.139. The topological polar surface area (TPSA) is 94.6 Å². The summed E-state index contributed by atoms with van der Waals surface area (Å²) < 4.78 is 13.0. The smallest absolute Gasteiger partial charge is 0.319 e. The fourth-order valence-electron chi connectivity index (χ4n) is 2.99. The van der Waals surface area contributed by atoms with E-state index in [1.54, 1.807) is 0 Å². The molecule has 0 radical (unpaired) electrons. The van der Waals surface area contributed by atoms with Gasteiger partial charge in [-0.15, -0.1) is 0 Å². The average molecular weight is 336 g/mol. The molecule has 0 atom stereocenters. The van der Waals surface area contributed by atoms with Crippen LogP contribution in [0, 0.1) is 11.7 Å². The van der Waals surface area contributed by atoms with Gasteiger partial charge in [-0.1, -0.05) is 0 Å². The van der Waals surface area contributed by atoms with Gasteiger partial charge in [-0.3, -0.25) is 14.7 Å². The number of carbonyl (C=O) groups excluding carboxylic acids is 1. The molecule has 1 heterocycles. The molecular formula is C16H21FN4O3. The molecule has 0 unspecified atom stereocenters. The van der Waals surface area contributed by atoms with E-state index in [1.807, 2.05) is 4.90 Å². The highest BCUT2D eigenvalue weighted by atomic mass is 19.1. The largest absolute Gasteiger partial charge is 0.480 e. The number of urea groups is 1. The van der Waals surface area contributed by atoms with Gasteiger partial charge >= 0.3 is 12.0 Å². The number of halogens is 1. The fourth-order valence-corrected chi connectivity index (χ4v) is 2.99. The second-order valence-corrected chi connectivity index (χ2v) is 6.58. The molecule has 0 aliphatic heterocycles. The maximum atomic E-state index is 13.0. The number of hydrogen-bond acceptors (Lipinski definition) is 4. The molecule has 2 fully saturated rings. The van der Waals surface area contributed by atoms with Gasteiger partial charge in [0.2, 0.25) is 0 Å². The van der Waals surface area contributed by atoms with Crippen molar-refractivity contribution in [3.05, 3.63) is 24.3 Å². The number of carbonyl (C=O) groups is 2. The Morgan fingerprint density at radius 2 is 2.08 bits per heavy atom. The number of nitrogens with one attached hydrogen (secondary N) is 2. The summed E-state index contributed by atoms with van der Waals surface area (Å²) in [6, 6.07) is 0.994. The standard InChI is InChI=1S/C16H21FN4O3/c17-11-3-13(7-18-6-11)20-16(24)19-12-4-14(5-12)21(9-15(22)23)8-10-1-2-10/h3,6-7,10,12,14H,1-2,4-5,8-9H2,(H,22,23)(H2,19,20,24). The Kier molecular flexibility index (Phi) is 4.94. The Balaban J connectivity index is 1.43. The van der Waals surface area contributed by atoms with Crippen molar-refractivity contribution in [2.75, 3.05) is 18.4 Å². The maximum absolute atomic E-state index is 13.0. The van der Waals surface area contributed by atoms with Crippen LogP contribution in [-0.4, -0.2) is 52.2 Å². The highest BCUT2D eigenvalue weighted by Crippen LogP contribution is 2.33. The monoisotopic (exact) mass is 336 g/mol. The Labute approximate surface area is 139 Å². The molecule has 2 aliphatic rings. The Bertz CT molecular complexity index is 617. The highest BCUT2D eigenvalue weighted by molar-refractivity contribution is 5.89. The molecule has 0 spiro atoms. The zero-order valence-electron chi connectivity index (χ0n) is 13.2. The molecule has 0 bridgehead atoms. The number of pyridine rings is 1. The zero-order valence-corrected chi connectivity index (χ0v) is 13.2. The molecule has 0 saturated heterocycles. The Morgan fingerprint density at radius 3 is 2.71 bits per heavy atom. The molecular weight excluding hydrogens is 315 g/mol. The maximum Gasteiger partial charge on any atom is 0.319 e. The third kappa shape index (κ3) is 4.64. The molecule has 3 rings (SSSR count). The van der Waals surface area contributed by atoms with E-state index in [0.717, 1.165) is 25.6 Å². The molecule has 2 aliphatic carbocycles. The van der Waals surface area contributed by atoms with Crippen molar-refractivity contribution in [3.8, 4) is 0 Å². The van der Waals surface area contributed by atoms with Gasteiger partial charge in [-0.05, 0) is 31.6 Å². The Morgan fingerprint density at radius 1 is 1.33 bits per heavy atom. The molecule has 8 heteroatoms. The SMILES string of the molecule is O=C(O)CN(CC1CC1)C1CC(NC(=O)Nc2cncc(F)c2)C1. The van der Waals surface area contributed by atoms with Crippen molar-refractivity contribution in [3.63, 3.8) is 0 Å². The number of carboxylic acid groups (broad SMARTS) is 1. The van der Waals surface area contributed by atoms with E-state index in [2.05, 4.69) is 15.6 Å². The van der Waals surface area contributed by atoms with Crippen LogP contribution in [0.1, 0.15) is 25.7 Å². The predicted molar refractivity (Wildman–Crippen MR) is 85.1 cm³/mol. The fraction of sp³-hybridized carbons (Fsp3) is 0.562. The third-order valence-electron chi connectivity index (χ3n) is 4.46. The molecule has 130 valence electrons. The van der Waals surface area contributed by atoms with E-state index in [1.165, 1.54) is 25.1 Å². The van der Waals surface area contributed by atoms with Gasteiger partial charge in [0.15, 0.2) is 0 Å². The number of hydrogen-bond donors (Lipinski definition) is 3. The number of nitrogens with zero attached hydrogens (tertiary/aromatic N) is 2. The van der Waals surface area contributed by atoms with Crippen LogP contribution in [0.25, 0.3) is 0 Å². The summed E-state index contributed by atoms with van der Waals surface area (Å²) in [6.45, 7) is 0.875. The summed E-state index contributed by atoms with van der Waals surface area (Å²) in [7, 11) is 0. The number of amides is 2. The number of aliphatic carboxylic acids is 1.